The topological polar surface area (TPSA) is 185 Å². The monoisotopic (exact) mass is 439 g/mol. The van der Waals surface area contributed by atoms with E-state index in [1.807, 2.05) is 5.32 Å². The van der Waals surface area contributed by atoms with Gasteiger partial charge in [-0.3, -0.25) is 19.7 Å². The van der Waals surface area contributed by atoms with Gasteiger partial charge in [0.2, 0.25) is 17.9 Å². The third kappa shape index (κ3) is 5.90. The average molecular weight is 439 g/mol. The van der Waals surface area contributed by atoms with E-state index in [2.05, 4.69) is 5.32 Å². The number of aliphatic carboxylic acids is 2. The molecule has 2 amide bonds. The van der Waals surface area contributed by atoms with Crippen LogP contribution in [0.15, 0.2) is 12.1 Å². The molecule has 0 aliphatic rings. The molecule has 0 radical (unpaired) electrons. The molecule has 1 aromatic rings. The maximum Gasteiger partial charge on any atom is 0.338 e. The minimum atomic E-state index is -2.13. The molecule has 1 aromatic carbocycles. The maximum atomic E-state index is 12.9. The number of nitrogens with one attached hydrogen (secondary N) is 2. The predicted octanol–water partition coefficient (Wildman–Crippen LogP) is 1.56. The number of nitro benzene ring substituents is 1. The molecule has 31 heavy (non-hydrogen) atoms. The normalized spacial score (nSPS) is 11.0. The van der Waals surface area contributed by atoms with Crippen molar-refractivity contribution < 1.29 is 39.1 Å². The quantitative estimate of drug-likeness (QED) is 0.225. The lowest BCUT2D eigenvalue weighted by atomic mass is 9.75. The highest BCUT2D eigenvalue weighted by molar-refractivity contribution is 6.01. The van der Waals surface area contributed by atoms with Crippen molar-refractivity contribution in [1.29, 1.82) is 0 Å². The second kappa shape index (κ2) is 10.4. The molecule has 0 aromatic heterocycles. The van der Waals surface area contributed by atoms with Gasteiger partial charge in [-0.15, -0.1) is 0 Å². The summed E-state index contributed by atoms with van der Waals surface area (Å²) in [6, 6.07) is 0.308. The number of nitrogens with zero attached hydrogens (tertiary/aromatic N) is 1. The Balaban J connectivity index is 3.48. The van der Waals surface area contributed by atoms with Gasteiger partial charge < -0.3 is 25.6 Å². The Hall–Kier alpha value is -3.70. The molecule has 1 rings (SSSR count). The number of carbonyl (C=O) groups excluding carboxylic acids is 2. The number of nitro groups is 1. The highest BCUT2D eigenvalue weighted by atomic mass is 16.6. The summed E-state index contributed by atoms with van der Waals surface area (Å²) in [6.45, 7) is 4.53. The largest absolute Gasteiger partial charge is 0.496 e. The molecule has 0 fully saturated rings. The molecule has 0 atom stereocenters. The zero-order chi connectivity index (χ0) is 23.9. The first-order valence-electron chi connectivity index (χ1n) is 9.31. The van der Waals surface area contributed by atoms with Gasteiger partial charge in [0, 0.05) is 6.92 Å². The molecular formula is C19H25N3O9. The number of hydrogen-bond acceptors (Lipinski definition) is 7. The minimum absolute atomic E-state index is 0.0501. The molecule has 0 unspecified atom stereocenters. The lowest BCUT2D eigenvalue weighted by molar-refractivity contribution is -0.384. The fourth-order valence-electron chi connectivity index (χ4n) is 3.16. The van der Waals surface area contributed by atoms with Gasteiger partial charge in [-0.1, -0.05) is 13.8 Å². The third-order valence-corrected chi connectivity index (χ3v) is 5.04. The molecule has 4 N–H and O–H groups in total. The summed E-state index contributed by atoms with van der Waals surface area (Å²) in [5.41, 5.74) is -1.39. The number of benzene rings is 1. The number of carboxylic acids is 2. The Morgan fingerprint density at radius 3 is 2.10 bits per heavy atom. The van der Waals surface area contributed by atoms with E-state index in [0.29, 0.717) is 5.56 Å². The van der Waals surface area contributed by atoms with Crippen molar-refractivity contribution >= 4 is 35.1 Å². The van der Waals surface area contributed by atoms with Crippen molar-refractivity contribution in [3.8, 4) is 5.75 Å². The van der Waals surface area contributed by atoms with E-state index in [4.69, 9.17) is 14.9 Å². The van der Waals surface area contributed by atoms with Gasteiger partial charge in [0.05, 0.1) is 23.5 Å². The molecule has 0 saturated carbocycles. The van der Waals surface area contributed by atoms with Crippen molar-refractivity contribution in [1.82, 2.24) is 5.32 Å². The van der Waals surface area contributed by atoms with Gasteiger partial charge in [0.1, 0.15) is 11.4 Å². The van der Waals surface area contributed by atoms with Crippen LogP contribution in [0.3, 0.4) is 0 Å². The zero-order valence-corrected chi connectivity index (χ0v) is 17.6. The summed E-state index contributed by atoms with van der Waals surface area (Å²) in [7, 11) is 1.28. The summed E-state index contributed by atoms with van der Waals surface area (Å²) in [5, 5.41) is 33.9. The standard InChI is InChI=1S/C19H25N3O9/c1-5-19(6-2,18(28)21-15(16(24)25)17(26)27)9-11-7-12(20-10(3)23)13(22(29)30)8-14(11)31-4/h7-8,15H,5-6,9H2,1-4H3,(H,20,23)(H,21,28)(H,24,25)(H,26,27). The molecule has 12 nitrogen and oxygen atoms in total. The van der Waals surface area contributed by atoms with Gasteiger partial charge in [0.25, 0.3) is 5.69 Å². The smallest absolute Gasteiger partial charge is 0.338 e. The van der Waals surface area contributed by atoms with Gasteiger partial charge in [-0.2, -0.15) is 0 Å². The number of amides is 2. The highest BCUT2D eigenvalue weighted by Crippen LogP contribution is 2.39. The van der Waals surface area contributed by atoms with E-state index >= 15 is 0 Å². The van der Waals surface area contributed by atoms with Crippen LogP contribution >= 0.6 is 0 Å². The van der Waals surface area contributed by atoms with Crippen LogP contribution in [-0.4, -0.2) is 52.0 Å². The number of rotatable bonds is 11. The van der Waals surface area contributed by atoms with Crippen LogP contribution in [0.5, 0.6) is 5.75 Å². The van der Waals surface area contributed by atoms with Crippen LogP contribution in [0.2, 0.25) is 0 Å². The second-order valence-corrected chi connectivity index (χ2v) is 6.87. The van der Waals surface area contributed by atoms with Crippen molar-refractivity contribution in [2.24, 2.45) is 5.41 Å². The number of carbonyl (C=O) groups is 4. The average Bonchev–Trinajstić information content (AvgIpc) is 2.68. The van der Waals surface area contributed by atoms with Crippen LogP contribution < -0.4 is 15.4 Å². The van der Waals surface area contributed by atoms with Crippen LogP contribution in [-0.2, 0) is 25.6 Å². The first-order chi connectivity index (χ1) is 14.4. The lowest BCUT2D eigenvalue weighted by Crippen LogP contribution is -2.52. The number of hydrogen-bond donors (Lipinski definition) is 4. The Bertz CT molecular complexity index is 880. The van der Waals surface area contributed by atoms with Gasteiger partial charge in [-0.05, 0) is 30.9 Å². The van der Waals surface area contributed by atoms with E-state index in [9.17, 15) is 29.3 Å². The predicted molar refractivity (Wildman–Crippen MR) is 108 cm³/mol. The Morgan fingerprint density at radius 1 is 1.16 bits per heavy atom. The SMILES string of the molecule is CCC(CC)(Cc1cc(NC(C)=O)c([N+](=O)[O-])cc1OC)C(=O)NC(C(=O)O)C(=O)O. The summed E-state index contributed by atoms with van der Waals surface area (Å²) in [5.74, 6) is -4.69. The Kier molecular flexibility index (Phi) is 8.47. The molecule has 170 valence electrons. The molecule has 0 aliphatic heterocycles. The van der Waals surface area contributed by atoms with Crippen molar-refractivity contribution in [3.63, 3.8) is 0 Å². The zero-order valence-electron chi connectivity index (χ0n) is 17.6. The van der Waals surface area contributed by atoms with Gasteiger partial charge in [0.15, 0.2) is 0 Å². The number of methoxy groups -OCH3 is 1. The molecule has 0 heterocycles. The van der Waals surface area contributed by atoms with Crippen LogP contribution in [0.4, 0.5) is 11.4 Å². The van der Waals surface area contributed by atoms with Crippen molar-refractivity contribution in [3.05, 3.63) is 27.8 Å². The summed E-state index contributed by atoms with van der Waals surface area (Å²) in [6.07, 6.45) is 0.360. The Labute approximate surface area is 177 Å². The van der Waals surface area contributed by atoms with Gasteiger partial charge >= 0.3 is 11.9 Å². The number of anilines is 1. The molecule has 0 aliphatic carbocycles. The van der Waals surface area contributed by atoms with E-state index in [0.717, 1.165) is 6.07 Å². The summed E-state index contributed by atoms with van der Waals surface area (Å²) >= 11 is 0. The van der Waals surface area contributed by atoms with Crippen LogP contribution in [0.1, 0.15) is 39.2 Å². The van der Waals surface area contributed by atoms with Crippen LogP contribution in [0, 0.1) is 15.5 Å². The number of carboxylic acid groups (broad SMARTS) is 2. The van der Waals surface area contributed by atoms with Gasteiger partial charge in [-0.25, -0.2) is 9.59 Å². The lowest BCUT2D eigenvalue weighted by Gasteiger charge is -2.31. The minimum Gasteiger partial charge on any atom is -0.496 e. The maximum absolute atomic E-state index is 12.9. The molecule has 0 saturated heterocycles. The molecular weight excluding hydrogens is 414 g/mol. The number of ether oxygens (including phenoxy) is 1. The molecule has 0 bridgehead atoms. The first-order valence-corrected chi connectivity index (χ1v) is 9.31. The van der Waals surface area contributed by atoms with E-state index in [-0.39, 0.29) is 30.7 Å². The van der Waals surface area contributed by atoms with Crippen molar-refractivity contribution in [2.45, 2.75) is 46.1 Å². The van der Waals surface area contributed by atoms with E-state index in [1.54, 1.807) is 13.8 Å². The van der Waals surface area contributed by atoms with E-state index in [1.165, 1.54) is 20.1 Å². The molecule has 0 spiro atoms. The Morgan fingerprint density at radius 2 is 1.71 bits per heavy atom. The third-order valence-electron chi connectivity index (χ3n) is 5.04. The highest BCUT2D eigenvalue weighted by Gasteiger charge is 2.40. The van der Waals surface area contributed by atoms with E-state index < -0.39 is 45.8 Å². The first kappa shape index (κ1) is 25.3. The fraction of sp³-hybridized carbons (Fsp3) is 0.474. The fourth-order valence-corrected chi connectivity index (χ4v) is 3.16. The second-order valence-electron chi connectivity index (χ2n) is 6.87. The summed E-state index contributed by atoms with van der Waals surface area (Å²) in [4.78, 5) is 57.4. The summed E-state index contributed by atoms with van der Waals surface area (Å²) < 4.78 is 5.23. The van der Waals surface area contributed by atoms with Crippen molar-refractivity contribution in [2.75, 3.05) is 12.4 Å². The van der Waals surface area contributed by atoms with Crippen LogP contribution in [0.25, 0.3) is 0 Å². The molecule has 12 heteroatoms.